The average molecular weight is 467 g/mol. The second kappa shape index (κ2) is 8.00. The van der Waals surface area contributed by atoms with Gasteiger partial charge in [-0.1, -0.05) is 0 Å². The van der Waals surface area contributed by atoms with Gasteiger partial charge < -0.3 is 9.47 Å². The van der Waals surface area contributed by atoms with Gasteiger partial charge in [0.25, 0.3) is 5.72 Å². The van der Waals surface area contributed by atoms with E-state index in [0.29, 0.717) is 22.9 Å². The molecule has 2 unspecified atom stereocenters. The summed E-state index contributed by atoms with van der Waals surface area (Å²) >= 11 is 0. The molecule has 0 bridgehead atoms. The SMILES string of the molecule is CCOC(=O)C1(OOC(C)(C)C)c2cc(C(F)(F)F)ccc2S(=O)(=O)N1C1CCCO1. The first-order chi connectivity index (χ1) is 14.2. The number of fused-ring (bicyclic) bond motifs is 1. The zero-order valence-electron chi connectivity index (χ0n) is 17.5. The summed E-state index contributed by atoms with van der Waals surface area (Å²) in [6.45, 7) is 6.21. The van der Waals surface area contributed by atoms with Crippen molar-refractivity contribution in [3.63, 3.8) is 0 Å². The maximum Gasteiger partial charge on any atom is 0.416 e. The minimum absolute atomic E-state index is 0.173. The monoisotopic (exact) mass is 467 g/mol. The van der Waals surface area contributed by atoms with Crippen molar-refractivity contribution in [2.24, 2.45) is 0 Å². The van der Waals surface area contributed by atoms with Crippen LogP contribution in [0, 0.1) is 0 Å². The highest BCUT2D eigenvalue weighted by molar-refractivity contribution is 7.89. The van der Waals surface area contributed by atoms with Gasteiger partial charge in [0.2, 0.25) is 10.0 Å². The van der Waals surface area contributed by atoms with Crippen molar-refractivity contribution in [3.8, 4) is 0 Å². The van der Waals surface area contributed by atoms with Crippen molar-refractivity contribution in [1.82, 2.24) is 4.31 Å². The normalized spacial score (nSPS) is 26.1. The molecule has 0 aliphatic carbocycles. The molecule has 1 aromatic carbocycles. The summed E-state index contributed by atoms with van der Waals surface area (Å²) < 4.78 is 78.3. The number of benzene rings is 1. The van der Waals surface area contributed by atoms with Crippen LogP contribution >= 0.6 is 0 Å². The number of esters is 1. The van der Waals surface area contributed by atoms with Crippen LogP contribution in [-0.4, -0.2) is 43.7 Å². The fourth-order valence-corrected chi connectivity index (χ4v) is 5.37. The maximum absolute atomic E-state index is 13.4. The van der Waals surface area contributed by atoms with Crippen molar-refractivity contribution < 1.29 is 45.6 Å². The lowest BCUT2D eigenvalue weighted by Crippen LogP contribution is -2.57. The number of ether oxygens (including phenoxy) is 2. The number of hydrogen-bond donors (Lipinski definition) is 0. The van der Waals surface area contributed by atoms with Crippen LogP contribution in [0.25, 0.3) is 0 Å². The Kier molecular flexibility index (Phi) is 6.17. The molecule has 31 heavy (non-hydrogen) atoms. The van der Waals surface area contributed by atoms with Crippen LogP contribution in [0.3, 0.4) is 0 Å². The third-order valence-electron chi connectivity index (χ3n) is 4.65. The van der Waals surface area contributed by atoms with E-state index >= 15 is 0 Å². The average Bonchev–Trinajstić information content (AvgIpc) is 3.22. The van der Waals surface area contributed by atoms with E-state index < -0.39 is 55.7 Å². The molecule has 2 aliphatic heterocycles. The zero-order valence-corrected chi connectivity index (χ0v) is 18.3. The summed E-state index contributed by atoms with van der Waals surface area (Å²) in [5, 5.41) is 0. The van der Waals surface area contributed by atoms with Crippen LogP contribution in [0.15, 0.2) is 23.1 Å². The second-order valence-electron chi connectivity index (χ2n) is 8.12. The Balaban J connectivity index is 2.32. The second-order valence-corrected chi connectivity index (χ2v) is 9.90. The van der Waals surface area contributed by atoms with E-state index in [2.05, 4.69) is 0 Å². The van der Waals surface area contributed by atoms with Gasteiger partial charge in [-0.2, -0.15) is 18.1 Å². The summed E-state index contributed by atoms with van der Waals surface area (Å²) in [5.41, 5.74) is -5.37. The van der Waals surface area contributed by atoms with Crippen LogP contribution < -0.4 is 0 Å². The van der Waals surface area contributed by atoms with Gasteiger partial charge in [-0.15, -0.1) is 4.31 Å². The number of sulfonamides is 1. The van der Waals surface area contributed by atoms with Gasteiger partial charge in [0.15, 0.2) is 0 Å². The van der Waals surface area contributed by atoms with E-state index in [4.69, 9.17) is 19.2 Å². The number of halogens is 3. The predicted molar refractivity (Wildman–Crippen MR) is 99.7 cm³/mol. The number of carbonyl (C=O) groups is 1. The first kappa shape index (κ1) is 23.9. The topological polar surface area (TPSA) is 91.4 Å². The molecule has 0 spiro atoms. The van der Waals surface area contributed by atoms with Gasteiger partial charge in [-0.25, -0.2) is 18.1 Å². The molecule has 0 N–H and O–H groups in total. The van der Waals surface area contributed by atoms with Crippen LogP contribution in [0.2, 0.25) is 0 Å². The number of hydrogen-bond acceptors (Lipinski definition) is 7. The fourth-order valence-electron chi connectivity index (χ4n) is 3.42. The molecule has 174 valence electrons. The first-order valence-corrected chi connectivity index (χ1v) is 11.1. The van der Waals surface area contributed by atoms with Gasteiger partial charge in [0, 0.05) is 12.2 Å². The van der Waals surface area contributed by atoms with Gasteiger partial charge in [-0.05, 0) is 58.7 Å². The standard InChI is InChI=1S/C19H24F3NO7S/c1-5-27-16(24)18(30-29-17(2,3)4)13-11-12(19(20,21)22)8-9-14(13)31(25,26)23(18)15-7-6-10-28-15/h8-9,11,15H,5-7,10H2,1-4H3. The summed E-state index contributed by atoms with van der Waals surface area (Å²) in [6, 6.07) is 2.01. The Bertz CT molecular complexity index is 952. The van der Waals surface area contributed by atoms with E-state index in [-0.39, 0.29) is 19.6 Å². The van der Waals surface area contributed by atoms with Crippen molar-refractivity contribution in [2.75, 3.05) is 13.2 Å². The molecular formula is C19H24F3NO7S. The third kappa shape index (κ3) is 4.19. The molecule has 2 atom stereocenters. The molecule has 1 fully saturated rings. The quantitative estimate of drug-likeness (QED) is 0.373. The molecule has 0 radical (unpaired) electrons. The largest absolute Gasteiger partial charge is 0.462 e. The van der Waals surface area contributed by atoms with Crippen molar-refractivity contribution in [1.29, 1.82) is 0 Å². The van der Waals surface area contributed by atoms with Gasteiger partial charge >= 0.3 is 12.1 Å². The highest BCUT2D eigenvalue weighted by Gasteiger charge is 2.66. The van der Waals surface area contributed by atoms with E-state index in [1.54, 1.807) is 20.8 Å². The minimum atomic E-state index is -4.79. The maximum atomic E-state index is 13.4. The number of alkyl halides is 3. The Morgan fingerprint density at radius 3 is 2.48 bits per heavy atom. The Labute approximate surface area is 178 Å². The lowest BCUT2D eigenvalue weighted by Gasteiger charge is -2.37. The molecule has 1 aromatic rings. The molecular weight excluding hydrogens is 443 g/mol. The number of rotatable bonds is 5. The third-order valence-corrected chi connectivity index (χ3v) is 6.57. The number of carbonyl (C=O) groups excluding carboxylic acids is 1. The zero-order chi connectivity index (χ0) is 23.2. The summed E-state index contributed by atoms with van der Waals surface area (Å²) in [4.78, 5) is 23.4. The Hall–Kier alpha value is -1.73. The van der Waals surface area contributed by atoms with Crippen LogP contribution in [0.5, 0.6) is 0 Å². The predicted octanol–water partition coefficient (Wildman–Crippen LogP) is 3.31. The van der Waals surface area contributed by atoms with Gasteiger partial charge in [0.05, 0.1) is 22.7 Å². The summed E-state index contributed by atoms with van der Waals surface area (Å²) in [6.07, 6.45) is -5.25. The number of nitrogens with zero attached hydrogens (tertiary/aromatic N) is 1. The Morgan fingerprint density at radius 2 is 1.97 bits per heavy atom. The molecule has 2 heterocycles. The van der Waals surface area contributed by atoms with E-state index in [9.17, 15) is 26.4 Å². The van der Waals surface area contributed by atoms with E-state index in [1.807, 2.05) is 0 Å². The van der Waals surface area contributed by atoms with Crippen molar-refractivity contribution in [2.45, 2.75) is 69.2 Å². The molecule has 0 amide bonds. The van der Waals surface area contributed by atoms with Crippen molar-refractivity contribution >= 4 is 16.0 Å². The van der Waals surface area contributed by atoms with Crippen LogP contribution in [-0.2, 0) is 46.0 Å². The first-order valence-electron chi connectivity index (χ1n) is 9.67. The fraction of sp³-hybridized carbons (Fsp3) is 0.632. The minimum Gasteiger partial charge on any atom is -0.462 e. The highest BCUT2D eigenvalue weighted by atomic mass is 32.2. The molecule has 2 aliphatic rings. The molecule has 8 nitrogen and oxygen atoms in total. The molecule has 0 saturated carbocycles. The van der Waals surface area contributed by atoms with E-state index in [1.165, 1.54) is 6.92 Å². The molecule has 3 rings (SSSR count). The lowest BCUT2D eigenvalue weighted by molar-refractivity contribution is -0.425. The summed E-state index contributed by atoms with van der Waals surface area (Å²) in [5.74, 6) is -1.23. The van der Waals surface area contributed by atoms with Gasteiger partial charge in [0.1, 0.15) is 6.23 Å². The molecule has 12 heteroatoms. The molecule has 1 saturated heterocycles. The lowest BCUT2D eigenvalue weighted by atomic mass is 9.99. The van der Waals surface area contributed by atoms with Crippen molar-refractivity contribution in [3.05, 3.63) is 29.3 Å². The summed E-state index contributed by atoms with van der Waals surface area (Å²) in [7, 11) is -4.50. The molecule has 0 aromatic heterocycles. The smallest absolute Gasteiger partial charge is 0.416 e. The van der Waals surface area contributed by atoms with E-state index in [0.717, 1.165) is 6.07 Å². The highest BCUT2D eigenvalue weighted by Crippen LogP contribution is 2.50. The van der Waals surface area contributed by atoms with Crippen LogP contribution in [0.4, 0.5) is 13.2 Å². The Morgan fingerprint density at radius 1 is 1.29 bits per heavy atom. The van der Waals surface area contributed by atoms with Crippen LogP contribution in [0.1, 0.15) is 51.7 Å². The van der Waals surface area contributed by atoms with Gasteiger partial charge in [-0.3, -0.25) is 0 Å².